The van der Waals surface area contributed by atoms with Gasteiger partial charge in [0.1, 0.15) is 5.60 Å². The van der Waals surface area contributed by atoms with Crippen LogP contribution in [-0.2, 0) is 33.6 Å². The predicted molar refractivity (Wildman–Crippen MR) is 83.1 cm³/mol. The van der Waals surface area contributed by atoms with Crippen molar-refractivity contribution in [2.24, 2.45) is 0 Å². The summed E-state index contributed by atoms with van der Waals surface area (Å²) in [6.45, 7) is 11.2. The molecule has 0 atom stereocenters. The number of thiol groups is 1. The van der Waals surface area contributed by atoms with Gasteiger partial charge >= 0.3 is 10.4 Å². The molecule has 7 nitrogen and oxygen atoms in total. The molecule has 21 heavy (non-hydrogen) atoms. The second-order valence-corrected chi connectivity index (χ2v) is 13.0. The summed E-state index contributed by atoms with van der Waals surface area (Å²) in [5, 5.41) is 0. The third-order valence-corrected chi connectivity index (χ3v) is 5.93. The van der Waals surface area contributed by atoms with Gasteiger partial charge in [0.15, 0.2) is 0 Å². The van der Waals surface area contributed by atoms with Crippen LogP contribution in [0, 0.1) is 0 Å². The third kappa shape index (κ3) is 11.0. The average molecular weight is 361 g/mol. The van der Waals surface area contributed by atoms with Crippen LogP contribution in [0.15, 0.2) is 12.2 Å². The summed E-state index contributed by atoms with van der Waals surface area (Å²) in [6, 6.07) is 0. The van der Waals surface area contributed by atoms with Crippen molar-refractivity contribution < 1.29 is 29.1 Å². The van der Waals surface area contributed by atoms with E-state index in [1.54, 1.807) is 19.6 Å². The van der Waals surface area contributed by atoms with Gasteiger partial charge in [0.25, 0.3) is 11.0 Å². The molecule has 0 N–H and O–H groups in total. The van der Waals surface area contributed by atoms with E-state index in [-0.39, 0.29) is 0 Å². The Labute approximate surface area is 129 Å². The minimum absolute atomic E-state index is 1.10. The Balaban J connectivity index is 5.00. The van der Waals surface area contributed by atoms with Gasteiger partial charge in [-0.3, -0.25) is 8.06 Å². The lowest BCUT2D eigenvalue weighted by Gasteiger charge is -2.25. The fraction of sp³-hybridized carbons (Fsp3) is 0.818. The van der Waals surface area contributed by atoms with Crippen LogP contribution in [0.2, 0.25) is 19.6 Å². The standard InChI is InChI=1S/C11H24O7S2Si/c1-10(2,16-19(12)13)8-9-11(3,4)17-20(14,15)18-21(5,6)7/h8-9,19H,1-7H3/b9-8+. The fourth-order valence-electron chi connectivity index (χ4n) is 1.24. The second kappa shape index (κ2) is 6.88. The molecule has 0 saturated heterocycles. The Morgan fingerprint density at radius 3 is 1.76 bits per heavy atom. The second-order valence-electron chi connectivity index (χ2n) is 6.54. The van der Waals surface area contributed by atoms with Gasteiger partial charge in [-0.05, 0) is 47.3 Å². The van der Waals surface area contributed by atoms with Crippen LogP contribution in [0.5, 0.6) is 0 Å². The highest BCUT2D eigenvalue weighted by molar-refractivity contribution is 7.83. The van der Waals surface area contributed by atoms with Gasteiger partial charge in [-0.2, -0.15) is 8.42 Å². The van der Waals surface area contributed by atoms with E-state index in [1.165, 1.54) is 39.8 Å². The first-order chi connectivity index (χ1) is 9.04. The maximum absolute atomic E-state index is 11.8. The Kier molecular flexibility index (Phi) is 6.79. The number of hydrogen-bond donors (Lipinski definition) is 1. The first-order valence-corrected chi connectivity index (χ1v) is 12.1. The largest absolute Gasteiger partial charge is 0.390 e. The molecule has 126 valence electrons. The van der Waals surface area contributed by atoms with Gasteiger partial charge in [0, 0.05) is 0 Å². The van der Waals surface area contributed by atoms with E-state index in [9.17, 15) is 16.8 Å². The predicted octanol–water partition coefficient (Wildman–Crippen LogP) is 1.76. The molecule has 0 rings (SSSR count). The Morgan fingerprint density at radius 2 is 1.38 bits per heavy atom. The minimum Gasteiger partial charge on any atom is -0.294 e. The van der Waals surface area contributed by atoms with Crippen molar-refractivity contribution in [3.05, 3.63) is 12.2 Å². The summed E-state index contributed by atoms with van der Waals surface area (Å²) >= 11 is 0. The van der Waals surface area contributed by atoms with E-state index in [0.717, 1.165) is 0 Å². The number of hydrogen-bond acceptors (Lipinski definition) is 7. The molecule has 0 fully saturated rings. The highest BCUT2D eigenvalue weighted by Crippen LogP contribution is 2.21. The third-order valence-electron chi connectivity index (χ3n) is 1.86. The van der Waals surface area contributed by atoms with Gasteiger partial charge in [-0.15, -0.1) is 0 Å². The van der Waals surface area contributed by atoms with Gasteiger partial charge in [-0.25, -0.2) is 12.6 Å². The Morgan fingerprint density at radius 1 is 0.952 bits per heavy atom. The van der Waals surface area contributed by atoms with E-state index in [2.05, 4.69) is 4.18 Å². The minimum atomic E-state index is -4.14. The lowest BCUT2D eigenvalue weighted by molar-refractivity contribution is 0.140. The molecule has 0 saturated carbocycles. The molecule has 0 spiro atoms. The summed E-state index contributed by atoms with van der Waals surface area (Å²) in [6.07, 6.45) is 2.83. The molecule has 0 amide bonds. The summed E-state index contributed by atoms with van der Waals surface area (Å²) in [5.41, 5.74) is -2.30. The van der Waals surface area contributed by atoms with Crippen LogP contribution in [0.1, 0.15) is 27.7 Å². The summed E-state index contributed by atoms with van der Waals surface area (Å²) < 4.78 is 59.4. The first-order valence-electron chi connectivity index (χ1n) is 6.24. The van der Waals surface area contributed by atoms with Crippen LogP contribution in [0.3, 0.4) is 0 Å². The lowest BCUT2D eigenvalue weighted by Crippen LogP contribution is -2.35. The van der Waals surface area contributed by atoms with E-state index in [4.69, 9.17) is 8.06 Å². The Hall–Kier alpha value is -0.263. The molecular weight excluding hydrogens is 336 g/mol. The molecular formula is C11H24O7S2Si. The molecule has 0 heterocycles. The highest BCUT2D eigenvalue weighted by atomic mass is 32.3. The van der Waals surface area contributed by atoms with Crippen molar-refractivity contribution in [2.45, 2.75) is 58.5 Å². The first kappa shape index (κ1) is 20.7. The molecule has 0 aromatic carbocycles. The zero-order valence-electron chi connectivity index (χ0n) is 13.4. The summed E-state index contributed by atoms with van der Waals surface area (Å²) in [4.78, 5) is 0. The van der Waals surface area contributed by atoms with Crippen molar-refractivity contribution in [1.82, 2.24) is 0 Å². The summed E-state index contributed by atoms with van der Waals surface area (Å²) in [7, 11) is -9.46. The zero-order chi connectivity index (χ0) is 17.1. The van der Waals surface area contributed by atoms with E-state index in [1.807, 2.05) is 0 Å². The lowest BCUT2D eigenvalue weighted by atomic mass is 10.0. The van der Waals surface area contributed by atoms with Gasteiger partial charge in [0.2, 0.25) is 8.32 Å². The van der Waals surface area contributed by atoms with Crippen LogP contribution in [0.4, 0.5) is 0 Å². The molecule has 0 aliphatic heterocycles. The van der Waals surface area contributed by atoms with Crippen LogP contribution >= 0.6 is 0 Å². The molecule has 0 unspecified atom stereocenters. The van der Waals surface area contributed by atoms with Gasteiger partial charge in [0.05, 0.1) is 5.60 Å². The van der Waals surface area contributed by atoms with Crippen LogP contribution in [-0.4, -0.2) is 36.4 Å². The monoisotopic (exact) mass is 360 g/mol. The van der Waals surface area contributed by atoms with Gasteiger partial charge in [-0.1, -0.05) is 12.2 Å². The molecule has 0 aliphatic rings. The van der Waals surface area contributed by atoms with Crippen molar-refractivity contribution in [2.75, 3.05) is 0 Å². The molecule has 0 bridgehead atoms. The molecule has 0 aromatic rings. The maximum atomic E-state index is 11.8. The van der Waals surface area contributed by atoms with E-state index >= 15 is 0 Å². The zero-order valence-corrected chi connectivity index (χ0v) is 16.1. The summed E-state index contributed by atoms with van der Waals surface area (Å²) in [5.74, 6) is 0. The van der Waals surface area contributed by atoms with Crippen molar-refractivity contribution >= 4 is 29.7 Å². The fourth-order valence-corrected chi connectivity index (χ4v) is 4.85. The maximum Gasteiger partial charge on any atom is 0.390 e. The SMILES string of the molecule is CC(C)(/C=C/C(C)(C)OS(=O)(=O)O[Si](C)(C)C)O[SH](=O)=O. The quantitative estimate of drug-likeness (QED) is 0.400. The molecule has 0 radical (unpaired) electrons. The number of rotatable bonds is 8. The van der Waals surface area contributed by atoms with E-state index in [0.29, 0.717) is 0 Å². The van der Waals surface area contributed by atoms with E-state index < -0.39 is 40.9 Å². The molecule has 0 aromatic heterocycles. The highest BCUT2D eigenvalue weighted by Gasteiger charge is 2.31. The smallest absolute Gasteiger partial charge is 0.294 e. The van der Waals surface area contributed by atoms with Crippen molar-refractivity contribution in [3.8, 4) is 0 Å². The van der Waals surface area contributed by atoms with Crippen molar-refractivity contribution in [3.63, 3.8) is 0 Å². The average Bonchev–Trinajstić information content (AvgIpc) is 2.06. The normalized spacial score (nSPS) is 15.0. The van der Waals surface area contributed by atoms with Crippen LogP contribution < -0.4 is 0 Å². The van der Waals surface area contributed by atoms with Crippen LogP contribution in [0.25, 0.3) is 0 Å². The van der Waals surface area contributed by atoms with Crippen molar-refractivity contribution in [1.29, 1.82) is 0 Å². The van der Waals surface area contributed by atoms with Gasteiger partial charge < -0.3 is 0 Å². The molecule has 10 heteroatoms. The topological polar surface area (TPSA) is 96.0 Å². The Bertz CT molecular complexity index is 546. The molecule has 0 aliphatic carbocycles.